The molecule has 5 nitrogen and oxygen atoms in total. The number of rotatable bonds is 6. The second-order valence-electron chi connectivity index (χ2n) is 5.77. The monoisotopic (exact) mass is 298 g/mol. The molecule has 1 aliphatic rings. The second kappa shape index (κ2) is 6.73. The molecule has 0 N–H and O–H groups in total. The Morgan fingerprint density at radius 2 is 1.82 bits per heavy atom. The van der Waals surface area contributed by atoms with E-state index in [9.17, 15) is 4.79 Å². The molecule has 0 aliphatic carbocycles. The molecule has 0 unspecified atom stereocenters. The Kier molecular flexibility index (Phi) is 4.51. The maximum absolute atomic E-state index is 11.1. The highest BCUT2D eigenvalue weighted by molar-refractivity contribution is 5.73. The first-order valence-electron chi connectivity index (χ1n) is 8.08. The van der Waals surface area contributed by atoms with Crippen LogP contribution in [0.5, 0.6) is 0 Å². The first kappa shape index (κ1) is 14.8. The summed E-state index contributed by atoms with van der Waals surface area (Å²) in [6.07, 6.45) is 6.28. The van der Waals surface area contributed by atoms with Gasteiger partial charge in [0.15, 0.2) is 6.29 Å². The van der Waals surface area contributed by atoms with Crippen LogP contribution in [0.15, 0.2) is 24.3 Å². The number of benzene rings is 1. The highest BCUT2D eigenvalue weighted by atomic mass is 16.1. The van der Waals surface area contributed by atoms with E-state index in [1.54, 1.807) is 4.68 Å². The quantitative estimate of drug-likeness (QED) is 0.769. The van der Waals surface area contributed by atoms with Gasteiger partial charge in [0.25, 0.3) is 0 Å². The fraction of sp³-hybridized carbons (Fsp3) is 0.471. The maximum atomic E-state index is 11.1. The molecule has 2 aromatic rings. The van der Waals surface area contributed by atoms with Crippen molar-refractivity contribution in [3.8, 4) is 5.69 Å². The Hall–Kier alpha value is -2.17. The molecule has 1 saturated heterocycles. The lowest BCUT2D eigenvalue weighted by Crippen LogP contribution is -2.17. The van der Waals surface area contributed by atoms with Gasteiger partial charge < -0.3 is 4.90 Å². The molecule has 1 fully saturated rings. The summed E-state index contributed by atoms with van der Waals surface area (Å²) in [5.41, 5.74) is 3.59. The van der Waals surface area contributed by atoms with Crippen molar-refractivity contribution in [3.05, 3.63) is 35.7 Å². The summed E-state index contributed by atoms with van der Waals surface area (Å²) in [5.74, 6) is 0. The third kappa shape index (κ3) is 2.89. The average Bonchev–Trinajstić information content (AvgIpc) is 3.22. The van der Waals surface area contributed by atoms with E-state index in [-0.39, 0.29) is 0 Å². The van der Waals surface area contributed by atoms with Crippen molar-refractivity contribution >= 4 is 12.0 Å². The second-order valence-corrected chi connectivity index (χ2v) is 5.77. The van der Waals surface area contributed by atoms with Gasteiger partial charge in [-0.2, -0.15) is 0 Å². The molecule has 0 saturated carbocycles. The predicted molar refractivity (Wildman–Crippen MR) is 86.8 cm³/mol. The number of carbonyl (C=O) groups excluding carboxylic acids is 1. The Morgan fingerprint density at radius 1 is 1.14 bits per heavy atom. The van der Waals surface area contributed by atoms with E-state index in [1.807, 2.05) is 0 Å². The standard InChI is InChI=1S/C17H22N4O/c1-2-3-6-17-16(13-22)18-19-21(17)15-9-7-14(8-10-15)20-11-4-5-12-20/h7-10,13H,2-6,11-12H2,1H3. The van der Waals surface area contributed by atoms with Crippen molar-refractivity contribution < 1.29 is 4.79 Å². The summed E-state index contributed by atoms with van der Waals surface area (Å²) in [4.78, 5) is 13.5. The van der Waals surface area contributed by atoms with E-state index in [4.69, 9.17) is 0 Å². The molecule has 116 valence electrons. The molecule has 5 heteroatoms. The average molecular weight is 298 g/mol. The van der Waals surface area contributed by atoms with Crippen molar-refractivity contribution in [2.45, 2.75) is 39.0 Å². The largest absolute Gasteiger partial charge is 0.372 e. The Balaban J connectivity index is 1.86. The molecule has 0 amide bonds. The number of hydrogen-bond donors (Lipinski definition) is 0. The minimum absolute atomic E-state index is 0.456. The van der Waals surface area contributed by atoms with Crippen LogP contribution in [-0.2, 0) is 6.42 Å². The van der Waals surface area contributed by atoms with Crippen LogP contribution in [0.3, 0.4) is 0 Å². The molecular formula is C17H22N4O. The van der Waals surface area contributed by atoms with Crippen molar-refractivity contribution in [2.75, 3.05) is 18.0 Å². The number of unbranched alkanes of at least 4 members (excludes halogenated alkanes) is 1. The van der Waals surface area contributed by atoms with Gasteiger partial charge in [-0.3, -0.25) is 4.79 Å². The van der Waals surface area contributed by atoms with E-state index in [0.717, 1.165) is 50.0 Å². The SMILES string of the molecule is CCCCc1c(C=O)nnn1-c1ccc(N2CCCC2)cc1. The van der Waals surface area contributed by atoms with Crippen molar-refractivity contribution in [1.82, 2.24) is 15.0 Å². The van der Waals surface area contributed by atoms with Crippen LogP contribution >= 0.6 is 0 Å². The summed E-state index contributed by atoms with van der Waals surface area (Å²) in [7, 11) is 0. The van der Waals surface area contributed by atoms with Gasteiger partial charge in [0.1, 0.15) is 5.69 Å². The summed E-state index contributed by atoms with van der Waals surface area (Å²) in [6.45, 7) is 4.42. The van der Waals surface area contributed by atoms with Gasteiger partial charge in [0, 0.05) is 18.8 Å². The number of hydrogen-bond acceptors (Lipinski definition) is 4. The summed E-state index contributed by atoms with van der Waals surface area (Å²) >= 11 is 0. The first-order valence-corrected chi connectivity index (χ1v) is 8.08. The third-order valence-electron chi connectivity index (χ3n) is 4.24. The number of carbonyl (C=O) groups is 1. The highest BCUT2D eigenvalue weighted by Gasteiger charge is 2.15. The molecule has 0 spiro atoms. The molecule has 1 aromatic carbocycles. The normalized spacial score (nSPS) is 14.5. The van der Waals surface area contributed by atoms with Gasteiger partial charge in [0.05, 0.1) is 11.4 Å². The smallest absolute Gasteiger partial charge is 0.172 e. The van der Waals surface area contributed by atoms with Gasteiger partial charge in [-0.15, -0.1) is 5.10 Å². The lowest BCUT2D eigenvalue weighted by atomic mass is 10.1. The topological polar surface area (TPSA) is 51.0 Å². The Labute approximate surface area is 130 Å². The molecule has 0 atom stereocenters. The van der Waals surface area contributed by atoms with Crippen LogP contribution < -0.4 is 4.90 Å². The first-order chi connectivity index (χ1) is 10.8. The number of aromatic nitrogens is 3. The summed E-state index contributed by atoms with van der Waals surface area (Å²) in [6, 6.07) is 8.39. The fourth-order valence-electron chi connectivity index (χ4n) is 2.97. The van der Waals surface area contributed by atoms with E-state index in [1.165, 1.54) is 18.5 Å². The number of anilines is 1. The fourth-order valence-corrected chi connectivity index (χ4v) is 2.97. The minimum Gasteiger partial charge on any atom is -0.372 e. The van der Waals surface area contributed by atoms with Crippen LogP contribution in [0.1, 0.15) is 48.8 Å². The van der Waals surface area contributed by atoms with Gasteiger partial charge in [-0.25, -0.2) is 4.68 Å². The van der Waals surface area contributed by atoms with Gasteiger partial charge >= 0.3 is 0 Å². The molecule has 0 bridgehead atoms. The molecule has 1 aliphatic heterocycles. The summed E-state index contributed by atoms with van der Waals surface area (Å²) in [5, 5.41) is 8.16. The van der Waals surface area contributed by atoms with Crippen molar-refractivity contribution in [1.29, 1.82) is 0 Å². The van der Waals surface area contributed by atoms with Crippen molar-refractivity contribution in [3.63, 3.8) is 0 Å². The lowest BCUT2D eigenvalue weighted by molar-refractivity contribution is 0.111. The van der Waals surface area contributed by atoms with Crippen molar-refractivity contribution in [2.24, 2.45) is 0 Å². The minimum atomic E-state index is 0.456. The van der Waals surface area contributed by atoms with E-state index in [0.29, 0.717) is 5.69 Å². The zero-order valence-corrected chi connectivity index (χ0v) is 13.0. The highest BCUT2D eigenvalue weighted by Crippen LogP contribution is 2.22. The van der Waals surface area contributed by atoms with Crippen LogP contribution in [-0.4, -0.2) is 34.4 Å². The summed E-state index contributed by atoms with van der Waals surface area (Å²) < 4.78 is 1.80. The van der Waals surface area contributed by atoms with Crippen LogP contribution in [0.2, 0.25) is 0 Å². The van der Waals surface area contributed by atoms with E-state index in [2.05, 4.69) is 46.4 Å². The molecule has 1 aromatic heterocycles. The Bertz CT molecular complexity index is 627. The van der Waals surface area contributed by atoms with Gasteiger partial charge in [-0.05, 0) is 49.9 Å². The molecular weight excluding hydrogens is 276 g/mol. The zero-order chi connectivity index (χ0) is 15.4. The lowest BCUT2D eigenvalue weighted by Gasteiger charge is -2.17. The van der Waals surface area contributed by atoms with Gasteiger partial charge in [-0.1, -0.05) is 18.6 Å². The van der Waals surface area contributed by atoms with Crippen LogP contribution in [0.4, 0.5) is 5.69 Å². The number of nitrogens with zero attached hydrogens (tertiary/aromatic N) is 4. The Morgan fingerprint density at radius 3 is 2.45 bits per heavy atom. The van der Waals surface area contributed by atoms with Crippen LogP contribution in [0.25, 0.3) is 5.69 Å². The van der Waals surface area contributed by atoms with E-state index >= 15 is 0 Å². The molecule has 3 rings (SSSR count). The molecule has 0 radical (unpaired) electrons. The van der Waals surface area contributed by atoms with Gasteiger partial charge in [0.2, 0.25) is 0 Å². The third-order valence-corrected chi connectivity index (χ3v) is 4.24. The molecule has 2 heterocycles. The zero-order valence-electron chi connectivity index (χ0n) is 13.0. The predicted octanol–water partition coefficient (Wildman–Crippen LogP) is 3.02. The maximum Gasteiger partial charge on any atom is 0.172 e. The molecule has 22 heavy (non-hydrogen) atoms. The van der Waals surface area contributed by atoms with Crippen LogP contribution in [0, 0.1) is 0 Å². The van der Waals surface area contributed by atoms with E-state index < -0.39 is 0 Å². The number of aldehydes is 1.